The first-order chi connectivity index (χ1) is 8.33. The predicted octanol–water partition coefficient (Wildman–Crippen LogP) is 2.43. The van der Waals surface area contributed by atoms with Crippen molar-refractivity contribution in [3.63, 3.8) is 0 Å². The van der Waals surface area contributed by atoms with Crippen LogP contribution in [0.1, 0.15) is 11.1 Å². The van der Waals surface area contributed by atoms with Crippen LogP contribution < -0.4 is 5.48 Å². The molecule has 0 radical (unpaired) electrons. The molecule has 0 unspecified atom stereocenters. The molecular formula is C14H12N2O. The van der Waals surface area contributed by atoms with E-state index in [1.807, 2.05) is 36.4 Å². The standard InChI is InChI=1S/C14H12N2O/c15-11-14(16-17,12-7-3-1-4-8-12)13-9-5-2-6-10-13/h1-10,16-17H. The monoisotopic (exact) mass is 224 g/mol. The second-order valence-electron chi connectivity index (χ2n) is 3.71. The van der Waals surface area contributed by atoms with Gasteiger partial charge in [-0.25, -0.2) is 0 Å². The third-order valence-corrected chi connectivity index (χ3v) is 2.75. The molecule has 2 aromatic rings. The van der Waals surface area contributed by atoms with Gasteiger partial charge in [-0.3, -0.25) is 0 Å². The Morgan fingerprint density at radius 1 is 0.882 bits per heavy atom. The fraction of sp³-hybridized carbons (Fsp3) is 0.0714. The van der Waals surface area contributed by atoms with E-state index in [1.54, 1.807) is 24.3 Å². The summed E-state index contributed by atoms with van der Waals surface area (Å²) in [7, 11) is 0. The van der Waals surface area contributed by atoms with E-state index in [0.29, 0.717) is 11.1 Å². The Hall–Kier alpha value is -2.15. The predicted molar refractivity (Wildman–Crippen MR) is 64.2 cm³/mol. The Morgan fingerprint density at radius 2 is 1.29 bits per heavy atom. The molecule has 0 aliphatic heterocycles. The SMILES string of the molecule is N#CC(NO)(c1ccccc1)c1ccccc1. The van der Waals surface area contributed by atoms with Gasteiger partial charge in [0.1, 0.15) is 0 Å². The number of hydroxylamine groups is 1. The molecule has 0 fully saturated rings. The van der Waals surface area contributed by atoms with Gasteiger partial charge in [-0.2, -0.15) is 10.7 Å². The number of rotatable bonds is 3. The van der Waals surface area contributed by atoms with Crippen LogP contribution in [0.2, 0.25) is 0 Å². The zero-order chi connectivity index (χ0) is 12.1. The number of benzene rings is 2. The van der Waals surface area contributed by atoms with Crippen LogP contribution in [0.25, 0.3) is 0 Å². The van der Waals surface area contributed by atoms with E-state index >= 15 is 0 Å². The van der Waals surface area contributed by atoms with Gasteiger partial charge in [0.2, 0.25) is 0 Å². The van der Waals surface area contributed by atoms with Gasteiger partial charge in [0.15, 0.2) is 5.54 Å². The molecule has 0 atom stereocenters. The largest absolute Gasteiger partial charge is 0.315 e. The van der Waals surface area contributed by atoms with Gasteiger partial charge in [-0.15, -0.1) is 0 Å². The molecule has 0 aliphatic rings. The maximum absolute atomic E-state index is 9.41. The summed E-state index contributed by atoms with van der Waals surface area (Å²) in [4.78, 5) is 0. The summed E-state index contributed by atoms with van der Waals surface area (Å²) in [6, 6.07) is 20.4. The van der Waals surface area contributed by atoms with Crippen molar-refractivity contribution >= 4 is 0 Å². The number of hydrogen-bond acceptors (Lipinski definition) is 3. The van der Waals surface area contributed by atoms with Crippen LogP contribution >= 0.6 is 0 Å². The van der Waals surface area contributed by atoms with Gasteiger partial charge in [0.05, 0.1) is 6.07 Å². The zero-order valence-corrected chi connectivity index (χ0v) is 9.17. The van der Waals surface area contributed by atoms with Crippen LogP contribution in [0.3, 0.4) is 0 Å². The van der Waals surface area contributed by atoms with Crippen molar-refractivity contribution in [3.8, 4) is 6.07 Å². The van der Waals surface area contributed by atoms with Crippen molar-refractivity contribution in [1.82, 2.24) is 5.48 Å². The third kappa shape index (κ3) is 1.92. The molecule has 0 aliphatic carbocycles. The summed E-state index contributed by atoms with van der Waals surface area (Å²) in [5.74, 6) is 0. The summed E-state index contributed by atoms with van der Waals surface area (Å²) in [6.45, 7) is 0. The smallest absolute Gasteiger partial charge is 0.179 e. The first-order valence-corrected chi connectivity index (χ1v) is 5.27. The Bertz CT molecular complexity index is 477. The fourth-order valence-electron chi connectivity index (χ4n) is 1.83. The van der Waals surface area contributed by atoms with Gasteiger partial charge in [0, 0.05) is 0 Å². The number of hydrogen-bond donors (Lipinski definition) is 2. The van der Waals surface area contributed by atoms with E-state index in [9.17, 15) is 10.5 Å². The summed E-state index contributed by atoms with van der Waals surface area (Å²) in [6.07, 6.45) is 0. The molecule has 0 spiro atoms. The highest BCUT2D eigenvalue weighted by atomic mass is 16.5. The molecule has 0 amide bonds. The van der Waals surface area contributed by atoms with Gasteiger partial charge in [-0.05, 0) is 11.1 Å². The van der Waals surface area contributed by atoms with Crippen molar-refractivity contribution in [3.05, 3.63) is 71.8 Å². The molecule has 2 aromatic carbocycles. The van der Waals surface area contributed by atoms with E-state index in [4.69, 9.17) is 0 Å². The molecule has 84 valence electrons. The minimum atomic E-state index is -1.22. The molecular weight excluding hydrogens is 212 g/mol. The summed E-state index contributed by atoms with van der Waals surface area (Å²) in [5.41, 5.74) is 2.33. The quantitative estimate of drug-likeness (QED) is 0.787. The van der Waals surface area contributed by atoms with Crippen LogP contribution in [0, 0.1) is 11.3 Å². The van der Waals surface area contributed by atoms with E-state index in [1.165, 1.54) is 0 Å². The van der Waals surface area contributed by atoms with Crippen molar-refractivity contribution in [2.75, 3.05) is 0 Å². The molecule has 0 aromatic heterocycles. The lowest BCUT2D eigenvalue weighted by Gasteiger charge is -2.25. The van der Waals surface area contributed by atoms with Crippen LogP contribution in [-0.2, 0) is 5.54 Å². The Labute approximate surface area is 99.9 Å². The molecule has 17 heavy (non-hydrogen) atoms. The lowest BCUT2D eigenvalue weighted by atomic mass is 9.85. The number of nitriles is 1. The van der Waals surface area contributed by atoms with Gasteiger partial charge in [0.25, 0.3) is 0 Å². The summed E-state index contributed by atoms with van der Waals surface area (Å²) in [5, 5.41) is 18.8. The second-order valence-corrected chi connectivity index (χ2v) is 3.71. The highest BCUT2D eigenvalue weighted by Crippen LogP contribution is 2.28. The molecule has 2 N–H and O–H groups in total. The van der Waals surface area contributed by atoms with Crippen LogP contribution in [-0.4, -0.2) is 5.21 Å². The fourth-order valence-corrected chi connectivity index (χ4v) is 1.83. The van der Waals surface area contributed by atoms with E-state index in [0.717, 1.165) is 0 Å². The van der Waals surface area contributed by atoms with Crippen LogP contribution in [0.15, 0.2) is 60.7 Å². The maximum Gasteiger partial charge on any atom is 0.179 e. The minimum Gasteiger partial charge on any atom is -0.315 e. The highest BCUT2D eigenvalue weighted by molar-refractivity contribution is 5.44. The molecule has 0 saturated carbocycles. The lowest BCUT2D eigenvalue weighted by molar-refractivity contribution is 0.110. The number of nitrogens with zero attached hydrogens (tertiary/aromatic N) is 1. The third-order valence-electron chi connectivity index (χ3n) is 2.75. The average molecular weight is 224 g/mol. The summed E-state index contributed by atoms with van der Waals surface area (Å²) < 4.78 is 0. The second kappa shape index (κ2) is 4.79. The maximum atomic E-state index is 9.41. The highest BCUT2D eigenvalue weighted by Gasteiger charge is 2.33. The number of nitrogens with one attached hydrogen (secondary N) is 1. The molecule has 3 nitrogen and oxygen atoms in total. The zero-order valence-electron chi connectivity index (χ0n) is 9.17. The van der Waals surface area contributed by atoms with E-state index < -0.39 is 5.54 Å². The van der Waals surface area contributed by atoms with E-state index in [2.05, 4.69) is 11.5 Å². The normalized spacial score (nSPS) is 10.8. The van der Waals surface area contributed by atoms with Crippen LogP contribution in [0.4, 0.5) is 0 Å². The molecule has 0 heterocycles. The lowest BCUT2D eigenvalue weighted by Crippen LogP contribution is -2.40. The average Bonchev–Trinajstić information content (AvgIpc) is 2.43. The van der Waals surface area contributed by atoms with Crippen molar-refractivity contribution < 1.29 is 5.21 Å². The Balaban J connectivity index is 2.60. The van der Waals surface area contributed by atoms with Gasteiger partial charge in [-0.1, -0.05) is 60.7 Å². The topological polar surface area (TPSA) is 56.0 Å². The molecule has 3 heteroatoms. The first kappa shape index (κ1) is 11.3. The van der Waals surface area contributed by atoms with Gasteiger partial charge >= 0.3 is 0 Å². The minimum absolute atomic E-state index is 0.705. The summed E-state index contributed by atoms with van der Waals surface area (Å²) >= 11 is 0. The molecule has 0 bridgehead atoms. The Kier molecular flexibility index (Phi) is 3.20. The van der Waals surface area contributed by atoms with Crippen LogP contribution in [0.5, 0.6) is 0 Å². The first-order valence-electron chi connectivity index (χ1n) is 5.27. The molecule has 2 rings (SSSR count). The van der Waals surface area contributed by atoms with Gasteiger partial charge < -0.3 is 5.21 Å². The Morgan fingerprint density at radius 3 is 1.59 bits per heavy atom. The van der Waals surface area contributed by atoms with Crippen molar-refractivity contribution in [2.24, 2.45) is 0 Å². The van der Waals surface area contributed by atoms with Crippen molar-refractivity contribution in [2.45, 2.75) is 5.54 Å². The van der Waals surface area contributed by atoms with Crippen molar-refractivity contribution in [1.29, 1.82) is 5.26 Å². The van der Waals surface area contributed by atoms with E-state index in [-0.39, 0.29) is 0 Å². The molecule has 0 saturated heterocycles.